The van der Waals surface area contributed by atoms with E-state index in [4.69, 9.17) is 0 Å². The summed E-state index contributed by atoms with van der Waals surface area (Å²) >= 11 is 0. The van der Waals surface area contributed by atoms with Gasteiger partial charge >= 0.3 is 0 Å². The Morgan fingerprint density at radius 3 is 1.27 bits per heavy atom. The molecule has 218 valence electrons. The standard InChI is InChI=1S/C35H69N2/c1-4-7-10-12-14-16-17-18-19-20-21-22-24-26-28-30-35-36(31-9-6-3)33-34-37(35)32-29-27-25-23-15-13-11-8-5-2/h33-34H,4-32H2,1-3H3/q+1. The minimum atomic E-state index is 1.20. The van der Waals surface area contributed by atoms with Crippen LogP contribution in [0.5, 0.6) is 0 Å². The Hall–Kier alpha value is -0.790. The van der Waals surface area contributed by atoms with Gasteiger partial charge in [-0.05, 0) is 25.7 Å². The first-order valence-corrected chi connectivity index (χ1v) is 17.4. The van der Waals surface area contributed by atoms with Gasteiger partial charge in [0.05, 0.1) is 13.1 Å². The summed E-state index contributed by atoms with van der Waals surface area (Å²) in [6.45, 7) is 9.36. The third-order valence-corrected chi connectivity index (χ3v) is 8.35. The van der Waals surface area contributed by atoms with Gasteiger partial charge in [0.25, 0.3) is 5.82 Å². The van der Waals surface area contributed by atoms with Gasteiger partial charge in [-0.15, -0.1) is 0 Å². The van der Waals surface area contributed by atoms with Crippen molar-refractivity contribution in [1.82, 2.24) is 4.57 Å². The molecule has 0 aliphatic carbocycles. The summed E-state index contributed by atoms with van der Waals surface area (Å²) in [4.78, 5) is 0. The van der Waals surface area contributed by atoms with Crippen molar-refractivity contribution >= 4 is 0 Å². The van der Waals surface area contributed by atoms with Crippen LogP contribution in [0.15, 0.2) is 12.4 Å². The van der Waals surface area contributed by atoms with E-state index in [9.17, 15) is 0 Å². The monoisotopic (exact) mass is 518 g/mol. The third kappa shape index (κ3) is 19.9. The van der Waals surface area contributed by atoms with Gasteiger partial charge in [-0.3, -0.25) is 0 Å². The molecule has 0 unspecified atom stereocenters. The van der Waals surface area contributed by atoms with Crippen LogP contribution >= 0.6 is 0 Å². The zero-order valence-corrected chi connectivity index (χ0v) is 26.1. The summed E-state index contributed by atoms with van der Waals surface area (Å²) in [6, 6.07) is 0. The van der Waals surface area contributed by atoms with Gasteiger partial charge in [-0.25, -0.2) is 9.13 Å². The number of nitrogens with zero attached hydrogens (tertiary/aromatic N) is 2. The number of aromatic nitrogens is 2. The van der Waals surface area contributed by atoms with Crippen LogP contribution in [0.2, 0.25) is 0 Å². The molecule has 0 bridgehead atoms. The molecular formula is C35H69N2+. The maximum Gasteiger partial charge on any atom is 0.256 e. The summed E-state index contributed by atoms with van der Waals surface area (Å²) in [7, 11) is 0. The van der Waals surface area contributed by atoms with Gasteiger partial charge in [0, 0.05) is 6.42 Å². The van der Waals surface area contributed by atoms with Crippen molar-refractivity contribution in [1.29, 1.82) is 0 Å². The van der Waals surface area contributed by atoms with Crippen molar-refractivity contribution in [3.63, 3.8) is 0 Å². The highest BCUT2D eigenvalue weighted by Crippen LogP contribution is 2.15. The van der Waals surface area contributed by atoms with E-state index in [1.54, 1.807) is 5.82 Å². The van der Waals surface area contributed by atoms with E-state index in [0.29, 0.717) is 0 Å². The Morgan fingerprint density at radius 1 is 0.459 bits per heavy atom. The number of hydrogen-bond donors (Lipinski definition) is 0. The predicted octanol–water partition coefficient (Wildman–Crippen LogP) is 11.5. The van der Waals surface area contributed by atoms with E-state index in [-0.39, 0.29) is 0 Å². The lowest BCUT2D eigenvalue weighted by molar-refractivity contribution is -0.704. The zero-order valence-electron chi connectivity index (χ0n) is 26.1. The number of unbranched alkanes of at least 4 members (excludes halogenated alkanes) is 23. The van der Waals surface area contributed by atoms with Gasteiger partial charge in [0.1, 0.15) is 12.4 Å². The molecule has 1 aromatic heterocycles. The fourth-order valence-electron chi connectivity index (χ4n) is 5.77. The van der Waals surface area contributed by atoms with Crippen LogP contribution in [0.1, 0.15) is 194 Å². The molecule has 2 heteroatoms. The molecule has 0 fully saturated rings. The summed E-state index contributed by atoms with van der Waals surface area (Å²) in [6.07, 6.45) is 43.0. The average Bonchev–Trinajstić information content (AvgIpc) is 3.29. The third-order valence-electron chi connectivity index (χ3n) is 8.35. The van der Waals surface area contributed by atoms with Crippen LogP contribution in [0.3, 0.4) is 0 Å². The van der Waals surface area contributed by atoms with Crippen LogP contribution in [0, 0.1) is 0 Å². The van der Waals surface area contributed by atoms with E-state index >= 15 is 0 Å². The number of imidazole rings is 1. The van der Waals surface area contributed by atoms with Gasteiger partial charge in [-0.2, -0.15) is 0 Å². The SMILES string of the molecule is CCCCCCCCCCCCCCCCCc1n(CCCC)cc[n+]1CCCCCCCCCCC. The molecule has 0 saturated carbocycles. The Balaban J connectivity index is 2.12. The summed E-state index contributed by atoms with van der Waals surface area (Å²) < 4.78 is 5.17. The fraction of sp³-hybridized carbons (Fsp3) is 0.914. The Morgan fingerprint density at radius 2 is 0.838 bits per heavy atom. The first-order chi connectivity index (χ1) is 18.3. The van der Waals surface area contributed by atoms with Crippen molar-refractivity contribution in [2.24, 2.45) is 0 Å². The van der Waals surface area contributed by atoms with Crippen LogP contribution in [0.4, 0.5) is 0 Å². The maximum absolute atomic E-state index is 2.60. The molecular weight excluding hydrogens is 448 g/mol. The first-order valence-electron chi connectivity index (χ1n) is 17.4. The van der Waals surface area contributed by atoms with E-state index in [1.165, 1.54) is 186 Å². The summed E-state index contributed by atoms with van der Waals surface area (Å²) in [5.41, 5.74) is 0. The first kappa shape index (κ1) is 34.2. The van der Waals surface area contributed by atoms with Crippen molar-refractivity contribution in [2.45, 2.75) is 207 Å². The lowest BCUT2D eigenvalue weighted by atomic mass is 10.0. The highest BCUT2D eigenvalue weighted by atomic mass is 15.1. The van der Waals surface area contributed by atoms with Gasteiger partial charge in [0.15, 0.2) is 0 Å². The maximum atomic E-state index is 2.60. The molecule has 0 spiro atoms. The molecule has 0 atom stereocenters. The molecule has 1 aromatic rings. The summed E-state index contributed by atoms with van der Waals surface area (Å²) in [5, 5.41) is 0. The highest BCUT2D eigenvalue weighted by molar-refractivity contribution is 4.84. The molecule has 0 amide bonds. The Labute approximate surface area is 234 Å². The second-order valence-electron chi connectivity index (χ2n) is 12.0. The minimum Gasteiger partial charge on any atom is -0.234 e. The molecule has 0 N–H and O–H groups in total. The van der Waals surface area contributed by atoms with Crippen molar-refractivity contribution in [2.75, 3.05) is 0 Å². The second kappa shape index (κ2) is 26.8. The highest BCUT2D eigenvalue weighted by Gasteiger charge is 2.16. The smallest absolute Gasteiger partial charge is 0.234 e. The average molecular weight is 518 g/mol. The quantitative estimate of drug-likeness (QED) is 0.0737. The van der Waals surface area contributed by atoms with Gasteiger partial charge in [-0.1, -0.05) is 162 Å². The fourth-order valence-corrected chi connectivity index (χ4v) is 5.77. The normalized spacial score (nSPS) is 11.5. The topological polar surface area (TPSA) is 8.81 Å². The molecule has 1 heterocycles. The number of aryl methyl sites for hydroxylation is 2. The molecule has 2 nitrogen and oxygen atoms in total. The lowest BCUT2D eigenvalue weighted by Crippen LogP contribution is -2.37. The Bertz CT molecular complexity index is 576. The lowest BCUT2D eigenvalue weighted by Gasteiger charge is -2.07. The number of hydrogen-bond acceptors (Lipinski definition) is 0. The van der Waals surface area contributed by atoms with Gasteiger partial charge in [0.2, 0.25) is 0 Å². The van der Waals surface area contributed by atoms with E-state index < -0.39 is 0 Å². The number of rotatable bonds is 29. The predicted molar refractivity (Wildman–Crippen MR) is 165 cm³/mol. The van der Waals surface area contributed by atoms with E-state index in [2.05, 4.69) is 42.3 Å². The van der Waals surface area contributed by atoms with Crippen molar-refractivity contribution in [3.05, 3.63) is 18.2 Å². The van der Waals surface area contributed by atoms with Crippen LogP contribution in [0.25, 0.3) is 0 Å². The molecule has 0 aliphatic rings. The minimum absolute atomic E-state index is 1.20. The summed E-state index contributed by atoms with van der Waals surface area (Å²) in [5.74, 6) is 1.60. The van der Waals surface area contributed by atoms with Crippen molar-refractivity contribution < 1.29 is 4.57 Å². The zero-order chi connectivity index (χ0) is 26.7. The van der Waals surface area contributed by atoms with E-state index in [0.717, 1.165) is 0 Å². The van der Waals surface area contributed by atoms with Crippen LogP contribution in [-0.2, 0) is 19.5 Å². The molecule has 0 aliphatic heterocycles. The molecule has 0 aromatic carbocycles. The second-order valence-corrected chi connectivity index (χ2v) is 12.0. The molecule has 1 rings (SSSR count). The van der Waals surface area contributed by atoms with Gasteiger partial charge < -0.3 is 0 Å². The van der Waals surface area contributed by atoms with E-state index in [1.807, 2.05) is 0 Å². The van der Waals surface area contributed by atoms with Crippen molar-refractivity contribution in [3.8, 4) is 0 Å². The molecule has 0 saturated heterocycles. The Kier molecular flexibility index (Phi) is 24.8. The largest absolute Gasteiger partial charge is 0.256 e. The molecule has 0 radical (unpaired) electrons. The van der Waals surface area contributed by atoms with Crippen LogP contribution in [-0.4, -0.2) is 4.57 Å². The van der Waals surface area contributed by atoms with Crippen LogP contribution < -0.4 is 4.57 Å². The molecule has 37 heavy (non-hydrogen) atoms.